The van der Waals surface area contributed by atoms with Gasteiger partial charge in [-0.2, -0.15) is 15.1 Å². The number of aromatic nitrogens is 6. The number of alkyl halides is 1. The maximum Gasteiger partial charge on any atom is 0.319 e. The minimum Gasteiger partial charge on any atom is -0.475 e. The second-order valence-electron chi connectivity index (χ2n) is 13.0. The number of H-pyrrole nitrogens is 1. The van der Waals surface area contributed by atoms with E-state index in [1.807, 2.05) is 30.7 Å². The van der Waals surface area contributed by atoms with E-state index >= 15 is 4.39 Å². The zero-order valence-electron chi connectivity index (χ0n) is 26.5. The van der Waals surface area contributed by atoms with Gasteiger partial charge in [-0.3, -0.25) is 10.00 Å². The summed E-state index contributed by atoms with van der Waals surface area (Å²) in [5.74, 6) is -0.574. The third kappa shape index (κ3) is 5.12. The van der Waals surface area contributed by atoms with E-state index in [1.54, 1.807) is 12.3 Å². The maximum absolute atomic E-state index is 17.2. The number of nitrogen functional groups attached to an aromatic ring is 1. The van der Waals surface area contributed by atoms with Crippen LogP contribution in [0.4, 0.5) is 24.8 Å². The molecule has 250 valence electrons. The Kier molecular flexibility index (Phi) is 7.47. The van der Waals surface area contributed by atoms with E-state index in [1.165, 1.54) is 6.07 Å². The highest BCUT2D eigenvalue weighted by molar-refractivity contribution is 6.33. The molecule has 6 heterocycles. The Morgan fingerprint density at radius 3 is 2.75 bits per heavy atom. The van der Waals surface area contributed by atoms with Gasteiger partial charge in [0.1, 0.15) is 53.4 Å². The lowest BCUT2D eigenvalue weighted by molar-refractivity contribution is 0.188. The number of likely N-dealkylation sites (tertiary alicyclic amines) is 1. The Balaban J connectivity index is 1.35. The Morgan fingerprint density at radius 1 is 1.19 bits per heavy atom. The molecule has 48 heavy (non-hydrogen) atoms. The van der Waals surface area contributed by atoms with Crippen molar-refractivity contribution in [2.24, 2.45) is 0 Å². The van der Waals surface area contributed by atoms with Gasteiger partial charge in [-0.1, -0.05) is 11.6 Å². The molecule has 3 aliphatic rings. The van der Waals surface area contributed by atoms with Gasteiger partial charge in [0.05, 0.1) is 30.0 Å². The molecule has 2 aliphatic heterocycles. The van der Waals surface area contributed by atoms with Gasteiger partial charge in [-0.15, -0.1) is 0 Å². The summed E-state index contributed by atoms with van der Waals surface area (Å²) < 4.78 is 58.3. The maximum atomic E-state index is 17.2. The second-order valence-corrected chi connectivity index (χ2v) is 13.4. The summed E-state index contributed by atoms with van der Waals surface area (Å²) in [6, 6.07) is 1.84. The van der Waals surface area contributed by atoms with Gasteiger partial charge in [0, 0.05) is 34.1 Å². The molecule has 0 spiro atoms. The molecule has 2 fully saturated rings. The fraction of sp³-hybridized carbons (Fsp3) is 0.424. The lowest BCUT2D eigenvalue weighted by Crippen LogP contribution is -2.39. The Morgan fingerprint density at radius 2 is 2.00 bits per heavy atom. The molecule has 3 N–H and O–H groups in total. The topological polar surface area (TPSA) is 131 Å². The third-order valence-electron chi connectivity index (χ3n) is 9.68. The molecule has 0 radical (unpaired) electrons. The van der Waals surface area contributed by atoms with E-state index in [0.717, 1.165) is 24.6 Å². The van der Waals surface area contributed by atoms with Crippen LogP contribution in [0.5, 0.6) is 11.9 Å². The number of rotatable bonds is 7. The van der Waals surface area contributed by atoms with Crippen LogP contribution in [0.3, 0.4) is 0 Å². The zero-order valence-corrected chi connectivity index (χ0v) is 27.2. The Bertz CT molecular complexity index is 2080. The van der Waals surface area contributed by atoms with E-state index in [2.05, 4.69) is 20.2 Å². The van der Waals surface area contributed by atoms with Crippen LogP contribution in [0.2, 0.25) is 5.02 Å². The number of likely N-dealkylation sites (N-methyl/N-ethyl adjacent to an activating group) is 1. The first kappa shape index (κ1) is 30.9. The Hall–Kier alpha value is -4.43. The third-order valence-corrected chi connectivity index (χ3v) is 9.99. The molecule has 11 nitrogen and oxygen atoms in total. The van der Waals surface area contributed by atoms with Crippen LogP contribution < -0.4 is 20.1 Å². The standard InChI is InChI=1S/C33H33ClF3N9O2/c1-14-12-47-32-26-29(27(37)28(41-32)25-21-10-40-44-23(21)8-22(34)24(25)16-4-5-16)42-33(48-13-19-6-18(36)11-45(19)3)43-31(26)46(14)15(2)20-7-17(35)9-39-30(20)38/h7-10,14-16,18-19H,4-6,11-13H2,1-3H3,(H2,38,39)(H,40,44)/t14-,15+,18+,19-/m0/s1. The second kappa shape index (κ2) is 11.6. The molecule has 1 saturated heterocycles. The van der Waals surface area contributed by atoms with Crippen molar-refractivity contribution in [3.63, 3.8) is 0 Å². The summed E-state index contributed by atoms with van der Waals surface area (Å²) in [6.07, 6.45) is 3.83. The van der Waals surface area contributed by atoms with Crippen molar-refractivity contribution in [3.8, 4) is 23.1 Å². The molecule has 4 aromatic heterocycles. The van der Waals surface area contributed by atoms with Crippen molar-refractivity contribution in [1.82, 2.24) is 35.0 Å². The van der Waals surface area contributed by atoms with Crippen LogP contribution in [0.15, 0.2) is 24.5 Å². The number of halogens is 4. The summed E-state index contributed by atoms with van der Waals surface area (Å²) in [6.45, 7) is 4.25. The van der Waals surface area contributed by atoms with Gasteiger partial charge < -0.3 is 20.1 Å². The fourth-order valence-electron chi connectivity index (χ4n) is 7.11. The molecule has 1 aromatic carbocycles. The van der Waals surface area contributed by atoms with Crippen LogP contribution in [0.1, 0.15) is 56.2 Å². The largest absolute Gasteiger partial charge is 0.475 e. The van der Waals surface area contributed by atoms with Crippen LogP contribution >= 0.6 is 11.6 Å². The van der Waals surface area contributed by atoms with Crippen LogP contribution in [0, 0.1) is 11.6 Å². The summed E-state index contributed by atoms with van der Waals surface area (Å²) in [4.78, 5) is 21.9. The predicted molar refractivity (Wildman–Crippen MR) is 175 cm³/mol. The van der Waals surface area contributed by atoms with Crippen molar-refractivity contribution in [2.45, 2.75) is 63.3 Å². The minimum atomic E-state index is -0.975. The number of nitrogens with two attached hydrogens (primary N) is 1. The number of nitrogens with zero attached hydrogens (tertiary/aromatic N) is 7. The van der Waals surface area contributed by atoms with Crippen molar-refractivity contribution in [3.05, 3.63) is 52.3 Å². The highest BCUT2D eigenvalue weighted by Gasteiger charge is 2.37. The van der Waals surface area contributed by atoms with E-state index in [0.29, 0.717) is 40.0 Å². The average Bonchev–Trinajstić information content (AvgIpc) is 3.72. The number of hydrogen-bond donors (Lipinski definition) is 2. The molecule has 4 atom stereocenters. The number of benzene rings is 1. The van der Waals surface area contributed by atoms with Crippen LogP contribution in [-0.4, -0.2) is 80.1 Å². The number of nitrogens with one attached hydrogen (secondary N) is 1. The quantitative estimate of drug-likeness (QED) is 0.207. The number of anilines is 2. The van der Waals surface area contributed by atoms with Gasteiger partial charge in [0.2, 0.25) is 5.88 Å². The average molecular weight is 680 g/mol. The first-order valence-electron chi connectivity index (χ1n) is 15.9. The normalized spacial score (nSPS) is 21.9. The molecule has 15 heteroatoms. The van der Waals surface area contributed by atoms with Crippen LogP contribution in [0.25, 0.3) is 33.1 Å². The van der Waals surface area contributed by atoms with E-state index in [4.69, 9.17) is 36.8 Å². The lowest BCUT2D eigenvalue weighted by Gasteiger charge is -2.35. The van der Waals surface area contributed by atoms with Crippen molar-refractivity contribution in [2.75, 3.05) is 37.4 Å². The molecule has 1 aliphatic carbocycles. The lowest BCUT2D eigenvalue weighted by atomic mass is 9.95. The summed E-state index contributed by atoms with van der Waals surface area (Å²) in [5, 5.41) is 8.53. The van der Waals surface area contributed by atoms with E-state index < -0.39 is 23.8 Å². The number of ether oxygens (including phenoxy) is 2. The summed E-state index contributed by atoms with van der Waals surface area (Å²) in [7, 11) is 1.82. The van der Waals surface area contributed by atoms with Crippen molar-refractivity contribution < 1.29 is 22.6 Å². The molecule has 0 bridgehead atoms. The molecule has 0 unspecified atom stereocenters. The molecular formula is C33H33ClF3N9O2. The van der Waals surface area contributed by atoms with Gasteiger partial charge >= 0.3 is 6.01 Å². The first-order valence-corrected chi connectivity index (χ1v) is 16.3. The number of hydrogen-bond acceptors (Lipinski definition) is 10. The Labute approximate surface area is 278 Å². The molecule has 0 amide bonds. The number of pyridine rings is 2. The zero-order chi connectivity index (χ0) is 33.4. The van der Waals surface area contributed by atoms with Gasteiger partial charge in [0.25, 0.3) is 0 Å². The smallest absolute Gasteiger partial charge is 0.319 e. The van der Waals surface area contributed by atoms with Gasteiger partial charge in [0.15, 0.2) is 5.82 Å². The summed E-state index contributed by atoms with van der Waals surface area (Å²) >= 11 is 6.81. The summed E-state index contributed by atoms with van der Waals surface area (Å²) in [5.41, 5.74) is 8.55. The molecule has 5 aromatic rings. The highest BCUT2D eigenvalue weighted by atomic mass is 35.5. The van der Waals surface area contributed by atoms with E-state index in [-0.39, 0.29) is 71.3 Å². The SMILES string of the molecule is C[C@H](c1cc(F)cnc1N)N1c2nc(OC[C@@H]3C[C@@H](F)CN3C)nc3c(F)c(-c4c(C5CC5)c(Cl)cc5[nH]ncc45)nc(c23)OC[C@@H]1C. The number of fused-ring (bicyclic) bond motifs is 1. The minimum absolute atomic E-state index is 0.0208. The van der Waals surface area contributed by atoms with Gasteiger partial charge in [-0.05, 0) is 63.8 Å². The monoisotopic (exact) mass is 679 g/mol. The van der Waals surface area contributed by atoms with E-state index in [9.17, 15) is 8.78 Å². The first-order chi connectivity index (χ1) is 23.1. The predicted octanol–water partition coefficient (Wildman–Crippen LogP) is 6.12. The van der Waals surface area contributed by atoms with Crippen LogP contribution in [-0.2, 0) is 0 Å². The highest BCUT2D eigenvalue weighted by Crippen LogP contribution is 2.51. The fourth-order valence-corrected chi connectivity index (χ4v) is 7.46. The molecular weight excluding hydrogens is 647 g/mol. The number of aromatic amines is 1. The molecule has 8 rings (SSSR count). The van der Waals surface area contributed by atoms with Crippen molar-refractivity contribution >= 4 is 45.0 Å². The van der Waals surface area contributed by atoms with Crippen molar-refractivity contribution in [1.29, 1.82) is 0 Å². The molecule has 1 saturated carbocycles. The van der Waals surface area contributed by atoms with Gasteiger partial charge in [-0.25, -0.2) is 23.1 Å².